The summed E-state index contributed by atoms with van der Waals surface area (Å²) in [6.45, 7) is 8.35. The lowest BCUT2D eigenvalue weighted by molar-refractivity contribution is -0.150. The molecule has 1 saturated heterocycles. The largest absolute Gasteiger partial charge is 0.463 e. The Balaban J connectivity index is 2.05. The predicted octanol–water partition coefficient (Wildman–Crippen LogP) is 0.104. The number of hydrogen-bond acceptors (Lipinski definition) is 6. The Hall–Kier alpha value is -1.40. The molecule has 0 spiro atoms. The first-order valence-electron chi connectivity index (χ1n) is 6.30. The lowest BCUT2D eigenvalue weighted by Crippen LogP contribution is -2.26. The van der Waals surface area contributed by atoms with Crippen LogP contribution in [-0.2, 0) is 19.1 Å². The van der Waals surface area contributed by atoms with E-state index in [2.05, 4.69) is 18.4 Å². The Morgan fingerprint density at radius 1 is 1.42 bits per heavy atom. The van der Waals surface area contributed by atoms with Gasteiger partial charge in [0.2, 0.25) is 0 Å². The summed E-state index contributed by atoms with van der Waals surface area (Å²) in [4.78, 5) is 24.6. The molecule has 6 nitrogen and oxygen atoms in total. The molecule has 0 aromatic heterocycles. The lowest BCUT2D eigenvalue weighted by atomic mass is 10.3. The summed E-state index contributed by atoms with van der Waals surface area (Å²) < 4.78 is 9.61. The van der Waals surface area contributed by atoms with Gasteiger partial charge in [0.25, 0.3) is 0 Å². The van der Waals surface area contributed by atoms with Crippen LogP contribution < -0.4 is 0 Å². The predicted molar refractivity (Wildman–Crippen MR) is 68.4 cm³/mol. The molecule has 1 N–H and O–H groups in total. The van der Waals surface area contributed by atoms with Gasteiger partial charge in [-0.15, -0.1) is 0 Å². The van der Waals surface area contributed by atoms with Crippen molar-refractivity contribution in [3.05, 3.63) is 12.2 Å². The molecule has 3 atom stereocenters. The molecule has 3 unspecified atom stereocenters. The molecule has 0 bridgehead atoms. The topological polar surface area (TPSA) is 75.8 Å². The molecule has 1 rings (SSSR count). The Morgan fingerprint density at radius 2 is 2.00 bits per heavy atom. The van der Waals surface area contributed by atoms with Gasteiger partial charge in [0, 0.05) is 24.7 Å². The van der Waals surface area contributed by atoms with E-state index < -0.39 is 12.1 Å². The highest BCUT2D eigenvalue weighted by Gasteiger charge is 2.28. The summed E-state index contributed by atoms with van der Waals surface area (Å²) in [7, 11) is 0. The van der Waals surface area contributed by atoms with Crippen LogP contribution in [0.25, 0.3) is 0 Å². The highest BCUT2D eigenvalue weighted by atomic mass is 16.6. The minimum Gasteiger partial charge on any atom is -0.463 e. The molecular formula is C13H21NO5. The van der Waals surface area contributed by atoms with Crippen LogP contribution in [0.5, 0.6) is 0 Å². The maximum absolute atomic E-state index is 11.4. The quantitative estimate of drug-likeness (QED) is 0.383. The first-order valence-corrected chi connectivity index (χ1v) is 6.30. The monoisotopic (exact) mass is 271 g/mol. The van der Waals surface area contributed by atoms with E-state index in [9.17, 15) is 14.7 Å². The first-order chi connectivity index (χ1) is 8.90. The molecule has 1 aliphatic heterocycles. The van der Waals surface area contributed by atoms with Gasteiger partial charge in [-0.25, -0.2) is 4.79 Å². The summed E-state index contributed by atoms with van der Waals surface area (Å²) in [5, 5.41) is 9.47. The van der Waals surface area contributed by atoms with Gasteiger partial charge < -0.3 is 14.6 Å². The zero-order valence-electron chi connectivity index (χ0n) is 11.4. The van der Waals surface area contributed by atoms with Crippen molar-refractivity contribution >= 4 is 11.9 Å². The first kappa shape index (κ1) is 15.7. The van der Waals surface area contributed by atoms with Crippen LogP contribution in [0, 0.1) is 0 Å². The number of nitrogens with zero attached hydrogens (tertiary/aromatic N) is 1. The second kappa shape index (κ2) is 7.25. The van der Waals surface area contributed by atoms with E-state index in [1.54, 1.807) is 0 Å². The summed E-state index contributed by atoms with van der Waals surface area (Å²) >= 11 is 0. The molecule has 0 amide bonds. The number of ether oxygens (including phenoxy) is 2. The summed E-state index contributed by atoms with van der Waals surface area (Å²) in [5.74, 6) is -0.926. The highest BCUT2D eigenvalue weighted by Crippen LogP contribution is 2.15. The van der Waals surface area contributed by atoms with Gasteiger partial charge >= 0.3 is 11.9 Å². The fraction of sp³-hybridized carbons (Fsp3) is 0.692. The molecule has 108 valence electrons. The van der Waals surface area contributed by atoms with E-state index in [1.165, 1.54) is 6.92 Å². The molecule has 19 heavy (non-hydrogen) atoms. The third kappa shape index (κ3) is 6.35. The maximum atomic E-state index is 11.4. The zero-order valence-corrected chi connectivity index (χ0v) is 11.4. The molecule has 0 saturated carbocycles. The Kier molecular flexibility index (Phi) is 5.98. The molecular weight excluding hydrogens is 250 g/mol. The molecule has 0 aliphatic carbocycles. The van der Waals surface area contributed by atoms with Gasteiger partial charge in [-0.3, -0.25) is 9.69 Å². The van der Waals surface area contributed by atoms with Gasteiger partial charge in [0.05, 0.1) is 6.42 Å². The van der Waals surface area contributed by atoms with Crippen molar-refractivity contribution in [1.29, 1.82) is 0 Å². The highest BCUT2D eigenvalue weighted by molar-refractivity contribution is 5.86. The maximum Gasteiger partial charge on any atom is 0.333 e. The van der Waals surface area contributed by atoms with Crippen LogP contribution in [-0.4, -0.2) is 60.4 Å². The number of aliphatic hydroxyl groups excluding tert-OH is 1. The van der Waals surface area contributed by atoms with E-state index >= 15 is 0 Å². The Bertz CT molecular complexity index is 355. The number of rotatable bonds is 8. The molecule has 0 aromatic rings. The minimum absolute atomic E-state index is 0.169. The fourth-order valence-electron chi connectivity index (χ4n) is 1.44. The molecule has 0 radical (unpaired) electrons. The second-order valence-electron chi connectivity index (χ2n) is 4.81. The molecule has 1 heterocycles. The van der Waals surface area contributed by atoms with Crippen molar-refractivity contribution in [2.24, 2.45) is 0 Å². The van der Waals surface area contributed by atoms with Crippen LogP contribution in [0.15, 0.2) is 12.2 Å². The number of aliphatic hydroxyl groups is 1. The number of hydrogen-bond donors (Lipinski definition) is 1. The summed E-state index contributed by atoms with van der Waals surface area (Å²) in [5.41, 5.74) is 0.261. The average molecular weight is 271 g/mol. The van der Waals surface area contributed by atoms with Crippen molar-refractivity contribution in [2.75, 3.05) is 26.3 Å². The van der Waals surface area contributed by atoms with E-state index in [0.29, 0.717) is 19.0 Å². The number of esters is 2. The van der Waals surface area contributed by atoms with Crippen LogP contribution >= 0.6 is 0 Å². The fourth-order valence-corrected chi connectivity index (χ4v) is 1.44. The second-order valence-corrected chi connectivity index (χ2v) is 4.81. The standard InChI is InChI=1S/C13H21NO5/c1-9(2)13(17)19-8-11(15)7-18-12(16)4-5-14-6-10(14)3/h10-11,15H,1,4-8H2,2-3H3. The van der Waals surface area contributed by atoms with E-state index in [1.807, 2.05) is 0 Å². The van der Waals surface area contributed by atoms with Crippen LogP contribution in [0.4, 0.5) is 0 Å². The van der Waals surface area contributed by atoms with Crippen molar-refractivity contribution in [3.63, 3.8) is 0 Å². The Labute approximate surface area is 113 Å². The smallest absolute Gasteiger partial charge is 0.333 e. The van der Waals surface area contributed by atoms with E-state index in [4.69, 9.17) is 9.47 Å². The average Bonchev–Trinajstić information content (AvgIpc) is 3.06. The van der Waals surface area contributed by atoms with Gasteiger partial charge in [0.1, 0.15) is 19.3 Å². The third-order valence-electron chi connectivity index (χ3n) is 2.78. The van der Waals surface area contributed by atoms with Crippen LogP contribution in [0.2, 0.25) is 0 Å². The van der Waals surface area contributed by atoms with Crippen molar-refractivity contribution in [1.82, 2.24) is 4.90 Å². The van der Waals surface area contributed by atoms with Gasteiger partial charge in [-0.1, -0.05) is 6.58 Å². The van der Waals surface area contributed by atoms with Gasteiger partial charge in [0.15, 0.2) is 0 Å². The van der Waals surface area contributed by atoms with Gasteiger partial charge in [-0.05, 0) is 13.8 Å². The summed E-state index contributed by atoms with van der Waals surface area (Å²) in [6, 6.07) is 0.556. The van der Waals surface area contributed by atoms with Crippen molar-refractivity contribution in [2.45, 2.75) is 32.4 Å². The van der Waals surface area contributed by atoms with E-state index in [-0.39, 0.29) is 24.8 Å². The summed E-state index contributed by atoms with van der Waals surface area (Å²) in [6.07, 6.45) is -0.699. The number of carbonyl (C=O) groups is 2. The SMILES string of the molecule is C=C(C)C(=O)OCC(O)COC(=O)CCN1CC1C. The Morgan fingerprint density at radius 3 is 2.53 bits per heavy atom. The molecule has 6 heteroatoms. The van der Waals surface area contributed by atoms with Crippen LogP contribution in [0.1, 0.15) is 20.3 Å². The van der Waals surface area contributed by atoms with Crippen LogP contribution in [0.3, 0.4) is 0 Å². The zero-order chi connectivity index (χ0) is 14.4. The molecule has 0 aromatic carbocycles. The normalized spacial score (nSPS) is 22.5. The van der Waals surface area contributed by atoms with Crippen molar-refractivity contribution < 1.29 is 24.2 Å². The third-order valence-corrected chi connectivity index (χ3v) is 2.78. The van der Waals surface area contributed by atoms with Crippen molar-refractivity contribution in [3.8, 4) is 0 Å². The minimum atomic E-state index is -1.01. The van der Waals surface area contributed by atoms with E-state index in [0.717, 1.165) is 6.54 Å². The molecule has 1 fully saturated rings. The number of carbonyl (C=O) groups excluding carboxylic acids is 2. The lowest BCUT2D eigenvalue weighted by Gasteiger charge is -2.12. The van der Waals surface area contributed by atoms with Gasteiger partial charge in [-0.2, -0.15) is 0 Å². The molecule has 1 aliphatic rings.